The number of anilines is 2. The summed E-state index contributed by atoms with van der Waals surface area (Å²) in [4.78, 5) is 41.7. The Kier molecular flexibility index (Phi) is 5.87. The minimum absolute atomic E-state index is 0.0306. The zero-order chi connectivity index (χ0) is 25.5. The lowest BCUT2D eigenvalue weighted by Gasteiger charge is -2.35. The quantitative estimate of drug-likeness (QED) is 0.467. The molecule has 1 saturated carbocycles. The Morgan fingerprint density at radius 1 is 0.865 bits per heavy atom. The number of nitrogens with zero attached hydrogens (tertiary/aromatic N) is 1. The van der Waals surface area contributed by atoms with Crippen LogP contribution in [0, 0.1) is 5.92 Å². The smallest absolute Gasteiger partial charge is 0.337 e. The van der Waals surface area contributed by atoms with Gasteiger partial charge in [0.25, 0.3) is 0 Å². The van der Waals surface area contributed by atoms with E-state index in [2.05, 4.69) is 17.4 Å². The number of benzene rings is 3. The van der Waals surface area contributed by atoms with E-state index in [0.29, 0.717) is 24.0 Å². The molecule has 0 spiro atoms. The predicted octanol–water partition coefficient (Wildman–Crippen LogP) is 5.78. The van der Waals surface area contributed by atoms with E-state index in [4.69, 9.17) is 4.74 Å². The Morgan fingerprint density at radius 2 is 1.57 bits per heavy atom. The van der Waals surface area contributed by atoms with Crippen molar-refractivity contribution in [2.75, 3.05) is 17.3 Å². The molecule has 2 aliphatic carbocycles. The van der Waals surface area contributed by atoms with Crippen LogP contribution in [0.25, 0.3) is 0 Å². The topological polar surface area (TPSA) is 75.7 Å². The van der Waals surface area contributed by atoms with Gasteiger partial charge in [-0.15, -0.1) is 0 Å². The van der Waals surface area contributed by atoms with E-state index in [1.807, 2.05) is 59.5 Å². The standard InChI is InChI=1S/C31H28N2O4/c1-37-31(36)22-15-11-20(12-16-22)29-28-25(17-23(18-27(28)34)19-7-3-2-4-8-19)32-24-9-5-6-10-26(24)33(29)30(35)21-13-14-21/h2-12,15-16,21,23,29,32H,13-14,17-18H2,1H3. The van der Waals surface area contributed by atoms with Crippen LogP contribution in [0.15, 0.2) is 90.1 Å². The number of carbonyl (C=O) groups is 3. The first kappa shape index (κ1) is 23.2. The number of fused-ring (bicyclic) bond motifs is 1. The number of rotatable bonds is 4. The highest BCUT2D eigenvalue weighted by atomic mass is 16.5. The van der Waals surface area contributed by atoms with Crippen molar-refractivity contribution in [1.82, 2.24) is 0 Å². The van der Waals surface area contributed by atoms with Crippen molar-refractivity contribution >= 4 is 29.0 Å². The van der Waals surface area contributed by atoms with E-state index in [-0.39, 0.29) is 23.5 Å². The molecule has 0 saturated heterocycles. The number of hydrogen-bond acceptors (Lipinski definition) is 5. The summed E-state index contributed by atoms with van der Waals surface area (Å²) in [6, 6.07) is 24.4. The highest BCUT2D eigenvalue weighted by Gasteiger charge is 2.45. The number of nitrogens with one attached hydrogen (secondary N) is 1. The molecule has 1 N–H and O–H groups in total. The second-order valence-corrected chi connectivity index (χ2v) is 9.97. The molecular weight excluding hydrogens is 464 g/mol. The van der Waals surface area contributed by atoms with Crippen molar-refractivity contribution in [2.45, 2.75) is 37.6 Å². The first-order chi connectivity index (χ1) is 18.0. The molecule has 1 heterocycles. The Balaban J connectivity index is 1.52. The van der Waals surface area contributed by atoms with E-state index < -0.39 is 12.0 Å². The largest absolute Gasteiger partial charge is 0.465 e. The van der Waals surface area contributed by atoms with E-state index in [0.717, 1.165) is 41.0 Å². The van der Waals surface area contributed by atoms with Crippen molar-refractivity contribution in [2.24, 2.45) is 5.92 Å². The average Bonchev–Trinajstić information content (AvgIpc) is 3.79. The molecule has 3 aromatic rings. The monoisotopic (exact) mass is 492 g/mol. The Hall–Kier alpha value is -4.19. The number of Topliss-reactive ketones (excluding diaryl/α,β-unsaturated/α-hetero) is 1. The Bertz CT molecular complexity index is 1410. The molecule has 0 bridgehead atoms. The van der Waals surface area contributed by atoms with Gasteiger partial charge in [0.1, 0.15) is 0 Å². The maximum Gasteiger partial charge on any atom is 0.337 e. The summed E-state index contributed by atoms with van der Waals surface area (Å²) in [5.74, 6) is -0.346. The van der Waals surface area contributed by atoms with Crippen LogP contribution in [0.3, 0.4) is 0 Å². The van der Waals surface area contributed by atoms with Crippen LogP contribution in [0.5, 0.6) is 0 Å². The van der Waals surface area contributed by atoms with Gasteiger partial charge >= 0.3 is 5.97 Å². The number of para-hydroxylation sites is 2. The third kappa shape index (κ3) is 4.22. The molecule has 0 radical (unpaired) electrons. The van der Waals surface area contributed by atoms with E-state index >= 15 is 0 Å². The van der Waals surface area contributed by atoms with Crippen LogP contribution in [0.2, 0.25) is 0 Å². The molecule has 3 aliphatic rings. The van der Waals surface area contributed by atoms with Gasteiger partial charge in [0, 0.05) is 23.6 Å². The molecule has 6 nitrogen and oxygen atoms in total. The van der Waals surface area contributed by atoms with Crippen LogP contribution < -0.4 is 10.2 Å². The lowest BCUT2D eigenvalue weighted by atomic mass is 9.78. The molecule has 2 atom stereocenters. The van der Waals surface area contributed by atoms with Crippen molar-refractivity contribution in [1.29, 1.82) is 0 Å². The van der Waals surface area contributed by atoms with Gasteiger partial charge in [-0.1, -0.05) is 54.6 Å². The minimum atomic E-state index is -0.588. The Morgan fingerprint density at radius 3 is 2.27 bits per heavy atom. The normalized spacial score (nSPS) is 20.9. The molecule has 0 aromatic heterocycles. The fraction of sp³-hybridized carbons (Fsp3) is 0.258. The van der Waals surface area contributed by atoms with Crippen molar-refractivity contribution in [3.8, 4) is 0 Å². The first-order valence-electron chi connectivity index (χ1n) is 12.7. The van der Waals surface area contributed by atoms with Crippen LogP contribution in [-0.2, 0) is 14.3 Å². The zero-order valence-electron chi connectivity index (χ0n) is 20.6. The molecule has 2 unspecified atom stereocenters. The summed E-state index contributed by atoms with van der Waals surface area (Å²) in [6.45, 7) is 0. The van der Waals surface area contributed by atoms with Gasteiger partial charge in [-0.3, -0.25) is 14.5 Å². The number of esters is 1. The summed E-state index contributed by atoms with van der Waals surface area (Å²) in [5, 5.41) is 3.57. The highest BCUT2D eigenvalue weighted by Crippen LogP contribution is 2.49. The molecular formula is C31H28N2O4. The number of amides is 1. The molecule has 186 valence electrons. The molecule has 6 heteroatoms. The number of methoxy groups -OCH3 is 1. The van der Waals surface area contributed by atoms with Gasteiger partial charge < -0.3 is 10.1 Å². The van der Waals surface area contributed by atoms with Crippen molar-refractivity contribution in [3.05, 3.63) is 107 Å². The number of hydrogen-bond donors (Lipinski definition) is 1. The van der Waals surface area contributed by atoms with Gasteiger partial charge in [0.05, 0.1) is 30.1 Å². The number of carbonyl (C=O) groups excluding carboxylic acids is 3. The van der Waals surface area contributed by atoms with Gasteiger partial charge in [0.15, 0.2) is 5.78 Å². The third-order valence-corrected chi connectivity index (χ3v) is 7.57. The van der Waals surface area contributed by atoms with Gasteiger partial charge in [-0.25, -0.2) is 4.79 Å². The number of ketones is 1. The number of ether oxygens (including phenoxy) is 1. The SMILES string of the molecule is COC(=O)c1ccc(C2C3=C(CC(c4ccccc4)CC3=O)Nc3ccccc3N2C(=O)C2CC2)cc1. The van der Waals surface area contributed by atoms with E-state index in [1.54, 1.807) is 12.1 Å². The molecule has 1 fully saturated rings. The third-order valence-electron chi connectivity index (χ3n) is 7.57. The predicted molar refractivity (Wildman–Crippen MR) is 141 cm³/mol. The van der Waals surface area contributed by atoms with Crippen LogP contribution in [0.4, 0.5) is 11.4 Å². The number of allylic oxidation sites excluding steroid dienone is 1. The second kappa shape index (κ2) is 9.36. The first-order valence-corrected chi connectivity index (χ1v) is 12.7. The van der Waals surface area contributed by atoms with Gasteiger partial charge in [-0.05, 0) is 60.6 Å². The van der Waals surface area contributed by atoms with Crippen LogP contribution in [-0.4, -0.2) is 24.8 Å². The van der Waals surface area contributed by atoms with Gasteiger partial charge in [-0.2, -0.15) is 0 Å². The van der Waals surface area contributed by atoms with E-state index in [1.165, 1.54) is 7.11 Å². The van der Waals surface area contributed by atoms with Gasteiger partial charge in [0.2, 0.25) is 5.91 Å². The maximum atomic E-state index is 14.0. The Labute approximate surface area is 215 Å². The summed E-state index contributed by atoms with van der Waals surface area (Å²) in [5.41, 5.74) is 5.41. The minimum Gasteiger partial charge on any atom is -0.465 e. The van der Waals surface area contributed by atoms with Crippen LogP contribution >= 0.6 is 0 Å². The maximum absolute atomic E-state index is 14.0. The summed E-state index contributed by atoms with van der Waals surface area (Å²) in [6.07, 6.45) is 2.76. The van der Waals surface area contributed by atoms with Crippen LogP contribution in [0.1, 0.15) is 59.1 Å². The summed E-state index contributed by atoms with van der Waals surface area (Å²) < 4.78 is 4.87. The summed E-state index contributed by atoms with van der Waals surface area (Å²) >= 11 is 0. The second-order valence-electron chi connectivity index (χ2n) is 9.97. The average molecular weight is 493 g/mol. The fourth-order valence-corrected chi connectivity index (χ4v) is 5.56. The zero-order valence-corrected chi connectivity index (χ0v) is 20.6. The molecule has 37 heavy (non-hydrogen) atoms. The van der Waals surface area contributed by atoms with Crippen molar-refractivity contribution < 1.29 is 19.1 Å². The lowest BCUT2D eigenvalue weighted by Crippen LogP contribution is -2.39. The molecule has 1 amide bonds. The highest BCUT2D eigenvalue weighted by molar-refractivity contribution is 6.07. The molecule has 3 aromatic carbocycles. The molecule has 6 rings (SSSR count). The lowest BCUT2D eigenvalue weighted by molar-refractivity contribution is -0.120. The fourth-order valence-electron chi connectivity index (χ4n) is 5.56. The van der Waals surface area contributed by atoms with Crippen molar-refractivity contribution in [3.63, 3.8) is 0 Å². The summed E-state index contributed by atoms with van der Waals surface area (Å²) in [7, 11) is 1.35. The van der Waals surface area contributed by atoms with E-state index in [9.17, 15) is 14.4 Å². The molecule has 1 aliphatic heterocycles.